The molecule has 164 valence electrons. The minimum atomic E-state index is -4.73. The van der Waals surface area contributed by atoms with Gasteiger partial charge >= 0.3 is 6.18 Å². The number of carbonyl (C=O) groups excluding carboxylic acids is 1. The zero-order valence-electron chi connectivity index (χ0n) is 16.9. The van der Waals surface area contributed by atoms with Crippen molar-refractivity contribution in [2.45, 2.75) is 38.4 Å². The first-order valence-corrected chi connectivity index (χ1v) is 10.2. The Morgan fingerprint density at radius 1 is 1.23 bits per heavy atom. The van der Waals surface area contributed by atoms with Gasteiger partial charge in [-0.25, -0.2) is 9.50 Å². The lowest BCUT2D eigenvalue weighted by Crippen LogP contribution is -2.42. The van der Waals surface area contributed by atoms with Crippen LogP contribution in [0.3, 0.4) is 0 Å². The van der Waals surface area contributed by atoms with Gasteiger partial charge in [-0.2, -0.15) is 18.3 Å². The minimum Gasteiger partial charge on any atom is -0.497 e. The fourth-order valence-electron chi connectivity index (χ4n) is 3.78. The largest absolute Gasteiger partial charge is 0.497 e. The molecule has 2 aromatic heterocycles. The molecular weight excluding hydrogens is 433 g/mol. The number of hydrogen-bond acceptors (Lipinski definition) is 4. The molecule has 6 nitrogen and oxygen atoms in total. The molecule has 1 amide bonds. The number of benzene rings is 1. The van der Waals surface area contributed by atoms with Crippen molar-refractivity contribution in [1.82, 2.24) is 19.5 Å². The number of piperidine rings is 1. The molecule has 0 aliphatic carbocycles. The van der Waals surface area contributed by atoms with Gasteiger partial charge in [0.15, 0.2) is 17.0 Å². The van der Waals surface area contributed by atoms with E-state index in [0.717, 1.165) is 25.3 Å². The molecule has 0 saturated carbocycles. The molecule has 1 aliphatic rings. The Balaban J connectivity index is 1.86. The van der Waals surface area contributed by atoms with Gasteiger partial charge in [-0.05, 0) is 56.5 Å². The van der Waals surface area contributed by atoms with Gasteiger partial charge in [0, 0.05) is 18.2 Å². The predicted octanol–water partition coefficient (Wildman–Crippen LogP) is 5.09. The maximum Gasteiger partial charge on any atom is 0.433 e. The number of aromatic nitrogens is 3. The van der Waals surface area contributed by atoms with Crippen LogP contribution in [-0.4, -0.2) is 45.1 Å². The Morgan fingerprint density at radius 2 is 1.94 bits per heavy atom. The Morgan fingerprint density at radius 3 is 2.55 bits per heavy atom. The van der Waals surface area contributed by atoms with Gasteiger partial charge in [0.1, 0.15) is 10.8 Å². The smallest absolute Gasteiger partial charge is 0.433 e. The van der Waals surface area contributed by atoms with Crippen LogP contribution in [0.15, 0.2) is 30.3 Å². The molecule has 1 unspecified atom stereocenters. The number of rotatable bonds is 3. The third-order valence-electron chi connectivity index (χ3n) is 5.48. The summed E-state index contributed by atoms with van der Waals surface area (Å²) >= 11 is 6.37. The van der Waals surface area contributed by atoms with Gasteiger partial charge < -0.3 is 9.64 Å². The number of fused-ring (bicyclic) bond motifs is 1. The Bertz CT molecular complexity index is 1130. The average Bonchev–Trinajstić information content (AvgIpc) is 3.09. The van der Waals surface area contributed by atoms with Crippen LogP contribution in [-0.2, 0) is 6.18 Å². The fraction of sp³-hybridized carbons (Fsp3) is 0.381. The van der Waals surface area contributed by atoms with E-state index in [1.807, 2.05) is 6.92 Å². The lowest BCUT2D eigenvalue weighted by Gasteiger charge is -2.32. The van der Waals surface area contributed by atoms with E-state index in [-0.39, 0.29) is 28.1 Å². The summed E-state index contributed by atoms with van der Waals surface area (Å²) in [7, 11) is 1.49. The maximum absolute atomic E-state index is 13.8. The molecule has 0 spiro atoms. The highest BCUT2D eigenvalue weighted by Gasteiger charge is 2.37. The molecule has 4 rings (SSSR count). The summed E-state index contributed by atoms with van der Waals surface area (Å²) in [5.41, 5.74) is -0.982. The first-order valence-electron chi connectivity index (χ1n) is 9.82. The van der Waals surface area contributed by atoms with Gasteiger partial charge in [0.2, 0.25) is 0 Å². The number of alkyl halides is 3. The molecule has 10 heteroatoms. The summed E-state index contributed by atoms with van der Waals surface area (Å²) < 4.78 is 47.2. The second-order valence-electron chi connectivity index (χ2n) is 7.49. The van der Waals surface area contributed by atoms with Crippen LogP contribution in [0.5, 0.6) is 5.75 Å². The number of amides is 1. The number of halogens is 4. The lowest BCUT2D eigenvalue weighted by molar-refractivity contribution is -0.142. The average molecular weight is 453 g/mol. The highest BCUT2D eigenvalue weighted by Crippen LogP contribution is 2.35. The van der Waals surface area contributed by atoms with E-state index in [4.69, 9.17) is 16.3 Å². The first-order chi connectivity index (χ1) is 14.7. The SMILES string of the molecule is COc1ccc(-c2cc(C(F)(F)F)n3nc(C(=O)N4CCCCC4C)c(Cl)c3n2)cc1. The van der Waals surface area contributed by atoms with E-state index in [0.29, 0.717) is 22.4 Å². The quantitative estimate of drug-likeness (QED) is 0.555. The number of likely N-dealkylation sites (tertiary alicyclic amines) is 1. The van der Waals surface area contributed by atoms with Crippen molar-refractivity contribution in [3.8, 4) is 17.0 Å². The van der Waals surface area contributed by atoms with Crippen LogP contribution >= 0.6 is 11.6 Å². The monoisotopic (exact) mass is 452 g/mol. The molecule has 1 fully saturated rings. The highest BCUT2D eigenvalue weighted by atomic mass is 35.5. The van der Waals surface area contributed by atoms with Crippen molar-refractivity contribution in [3.63, 3.8) is 0 Å². The molecular formula is C21H20ClF3N4O2. The van der Waals surface area contributed by atoms with E-state index >= 15 is 0 Å². The molecule has 3 heterocycles. The second kappa shape index (κ2) is 8.03. The van der Waals surface area contributed by atoms with E-state index in [2.05, 4.69) is 10.1 Å². The minimum absolute atomic E-state index is 0.0352. The normalized spacial score (nSPS) is 17.2. The summed E-state index contributed by atoms with van der Waals surface area (Å²) in [6.07, 6.45) is -2.08. The molecule has 0 bridgehead atoms. The van der Waals surface area contributed by atoms with E-state index < -0.39 is 17.8 Å². The number of nitrogens with zero attached hydrogens (tertiary/aromatic N) is 4. The topological polar surface area (TPSA) is 59.7 Å². The lowest BCUT2D eigenvalue weighted by atomic mass is 10.0. The molecule has 1 atom stereocenters. The Hall–Kier alpha value is -2.81. The summed E-state index contributed by atoms with van der Waals surface area (Å²) in [5.74, 6) is 0.0774. The van der Waals surface area contributed by atoms with Gasteiger partial charge in [0.25, 0.3) is 5.91 Å². The van der Waals surface area contributed by atoms with Gasteiger partial charge in [0.05, 0.1) is 12.8 Å². The number of ether oxygens (including phenoxy) is 1. The molecule has 1 aliphatic heterocycles. The van der Waals surface area contributed by atoms with E-state index in [1.54, 1.807) is 29.2 Å². The van der Waals surface area contributed by atoms with Crippen molar-refractivity contribution >= 4 is 23.2 Å². The fourth-order valence-corrected chi connectivity index (χ4v) is 4.02. The van der Waals surface area contributed by atoms with Crippen molar-refractivity contribution in [1.29, 1.82) is 0 Å². The number of carbonyl (C=O) groups is 1. The summed E-state index contributed by atoms with van der Waals surface area (Å²) in [4.78, 5) is 18.9. The Kier molecular flexibility index (Phi) is 5.55. The van der Waals surface area contributed by atoms with Crippen molar-refractivity contribution in [2.24, 2.45) is 0 Å². The van der Waals surface area contributed by atoms with E-state index in [9.17, 15) is 18.0 Å². The summed E-state index contributed by atoms with van der Waals surface area (Å²) in [6.45, 7) is 2.42. The van der Waals surface area contributed by atoms with Crippen molar-refractivity contribution < 1.29 is 22.7 Å². The molecule has 0 N–H and O–H groups in total. The summed E-state index contributed by atoms with van der Waals surface area (Å²) in [5, 5.41) is 3.75. The van der Waals surface area contributed by atoms with Gasteiger partial charge in [-0.1, -0.05) is 11.6 Å². The van der Waals surface area contributed by atoms with Crippen LogP contribution in [0.25, 0.3) is 16.9 Å². The second-order valence-corrected chi connectivity index (χ2v) is 7.87. The third kappa shape index (κ3) is 3.94. The maximum atomic E-state index is 13.8. The third-order valence-corrected chi connectivity index (χ3v) is 5.82. The Labute approximate surface area is 181 Å². The molecule has 31 heavy (non-hydrogen) atoms. The van der Waals surface area contributed by atoms with Crippen LogP contribution in [0, 0.1) is 0 Å². The van der Waals surface area contributed by atoms with Crippen LogP contribution in [0.2, 0.25) is 5.02 Å². The van der Waals surface area contributed by atoms with E-state index in [1.165, 1.54) is 7.11 Å². The standard InChI is InChI=1S/C21H20ClF3N4O2/c1-12-5-3-4-10-28(12)20(30)18-17(22)19-26-15(13-6-8-14(31-2)9-7-13)11-16(21(23,24)25)29(19)27-18/h6-9,11-12H,3-5,10H2,1-2H3. The zero-order chi connectivity index (χ0) is 22.3. The highest BCUT2D eigenvalue weighted by molar-refractivity contribution is 6.36. The number of hydrogen-bond donors (Lipinski definition) is 0. The van der Waals surface area contributed by atoms with Gasteiger partial charge in [-0.15, -0.1) is 0 Å². The summed E-state index contributed by atoms with van der Waals surface area (Å²) in [6, 6.07) is 7.31. The van der Waals surface area contributed by atoms with Crippen molar-refractivity contribution in [2.75, 3.05) is 13.7 Å². The molecule has 1 aromatic carbocycles. The van der Waals surface area contributed by atoms with Crippen LogP contribution in [0.1, 0.15) is 42.4 Å². The first kappa shape index (κ1) is 21.4. The predicted molar refractivity (Wildman–Crippen MR) is 109 cm³/mol. The van der Waals surface area contributed by atoms with Crippen LogP contribution < -0.4 is 4.74 Å². The zero-order valence-corrected chi connectivity index (χ0v) is 17.7. The molecule has 3 aromatic rings. The molecule has 1 saturated heterocycles. The van der Waals surface area contributed by atoms with Crippen LogP contribution in [0.4, 0.5) is 13.2 Å². The molecule has 0 radical (unpaired) electrons. The number of methoxy groups -OCH3 is 1. The van der Waals surface area contributed by atoms with Gasteiger partial charge in [-0.3, -0.25) is 4.79 Å². The van der Waals surface area contributed by atoms with Crippen molar-refractivity contribution in [3.05, 3.63) is 46.7 Å².